The average molecular weight is 326 g/mol. The van der Waals surface area contributed by atoms with Gasteiger partial charge >= 0.3 is 0 Å². The third-order valence-corrected chi connectivity index (χ3v) is 4.84. The van der Waals surface area contributed by atoms with Crippen molar-refractivity contribution in [3.05, 3.63) is 52.8 Å². The minimum atomic E-state index is -0.390. The van der Waals surface area contributed by atoms with Crippen LogP contribution < -0.4 is 10.6 Å². The minimum absolute atomic E-state index is 0.0164. The van der Waals surface area contributed by atoms with Crippen LogP contribution >= 0.6 is 0 Å². The monoisotopic (exact) mass is 326 g/mol. The van der Waals surface area contributed by atoms with Crippen molar-refractivity contribution in [3.63, 3.8) is 0 Å². The summed E-state index contributed by atoms with van der Waals surface area (Å²) >= 11 is 0. The van der Waals surface area contributed by atoms with Gasteiger partial charge in [-0.3, -0.25) is 9.48 Å². The first-order chi connectivity index (χ1) is 11.6. The first-order valence-electron chi connectivity index (χ1n) is 8.66. The number of benzene rings is 1. The Kier molecular flexibility index (Phi) is 5.00. The van der Waals surface area contributed by atoms with Gasteiger partial charge in [0.15, 0.2) is 0 Å². The van der Waals surface area contributed by atoms with E-state index in [-0.39, 0.29) is 11.9 Å². The van der Waals surface area contributed by atoms with Gasteiger partial charge in [0.1, 0.15) is 6.04 Å². The number of hydrogen-bond acceptors (Lipinski definition) is 3. The maximum absolute atomic E-state index is 12.6. The number of fused-ring (bicyclic) bond motifs is 1. The molecule has 2 N–H and O–H groups in total. The number of rotatable bonds is 5. The first kappa shape index (κ1) is 16.7. The Hall–Kier alpha value is -2.14. The van der Waals surface area contributed by atoms with E-state index in [0.29, 0.717) is 0 Å². The zero-order valence-electron chi connectivity index (χ0n) is 14.7. The van der Waals surface area contributed by atoms with Crippen molar-refractivity contribution in [1.29, 1.82) is 0 Å². The Morgan fingerprint density at radius 2 is 1.96 bits per heavy atom. The second-order valence-corrected chi connectivity index (χ2v) is 6.63. The van der Waals surface area contributed by atoms with Gasteiger partial charge in [0.05, 0.1) is 12.2 Å². The molecule has 0 saturated heterocycles. The van der Waals surface area contributed by atoms with Crippen LogP contribution in [0.5, 0.6) is 0 Å². The Morgan fingerprint density at radius 3 is 2.62 bits per heavy atom. The van der Waals surface area contributed by atoms with Gasteiger partial charge < -0.3 is 10.6 Å². The van der Waals surface area contributed by atoms with Crippen molar-refractivity contribution in [1.82, 2.24) is 20.4 Å². The van der Waals surface area contributed by atoms with E-state index in [4.69, 9.17) is 0 Å². The van der Waals surface area contributed by atoms with Crippen LogP contribution in [-0.2, 0) is 24.7 Å². The molecule has 1 heterocycles. The van der Waals surface area contributed by atoms with Crippen LogP contribution in [0.1, 0.15) is 54.1 Å². The van der Waals surface area contributed by atoms with Crippen molar-refractivity contribution >= 4 is 5.91 Å². The van der Waals surface area contributed by atoms with Gasteiger partial charge in [-0.1, -0.05) is 18.2 Å². The highest BCUT2D eigenvalue weighted by molar-refractivity contribution is 5.83. The predicted octanol–water partition coefficient (Wildman–Crippen LogP) is 2.44. The number of aromatic nitrogens is 2. The SMILES string of the molecule is CNC(C(=O)NC(C)c1ccc2c(c1)CCCC2)c1cnn(C)c1. The van der Waals surface area contributed by atoms with E-state index >= 15 is 0 Å². The maximum atomic E-state index is 12.6. The predicted molar refractivity (Wildman–Crippen MR) is 94.7 cm³/mol. The van der Waals surface area contributed by atoms with Crippen molar-refractivity contribution < 1.29 is 4.79 Å². The topological polar surface area (TPSA) is 59.0 Å². The summed E-state index contributed by atoms with van der Waals surface area (Å²) in [5.41, 5.74) is 4.95. The molecular formula is C19H26N4O. The average Bonchev–Trinajstić information content (AvgIpc) is 3.01. The fraction of sp³-hybridized carbons (Fsp3) is 0.474. The zero-order chi connectivity index (χ0) is 17.1. The number of hydrogen-bond donors (Lipinski definition) is 2. The lowest BCUT2D eigenvalue weighted by Gasteiger charge is -2.22. The first-order valence-corrected chi connectivity index (χ1v) is 8.66. The Morgan fingerprint density at radius 1 is 1.21 bits per heavy atom. The van der Waals surface area contributed by atoms with E-state index in [2.05, 4.69) is 33.9 Å². The van der Waals surface area contributed by atoms with Gasteiger partial charge in [-0.05, 0) is 56.3 Å². The highest BCUT2D eigenvalue weighted by Gasteiger charge is 2.22. The molecule has 0 radical (unpaired) electrons. The van der Waals surface area contributed by atoms with Gasteiger partial charge in [-0.2, -0.15) is 5.10 Å². The lowest BCUT2D eigenvalue weighted by molar-refractivity contribution is -0.123. The number of aryl methyl sites for hydroxylation is 3. The molecule has 24 heavy (non-hydrogen) atoms. The summed E-state index contributed by atoms with van der Waals surface area (Å²) in [4.78, 5) is 12.6. The second kappa shape index (κ2) is 7.18. The highest BCUT2D eigenvalue weighted by atomic mass is 16.2. The standard InChI is InChI=1S/C19H26N4O/c1-13(15-9-8-14-6-4-5-7-16(14)10-15)22-19(24)18(20-2)17-11-21-23(3)12-17/h8-13,18,20H,4-7H2,1-3H3,(H,22,24). The normalized spacial score (nSPS) is 16.3. The lowest BCUT2D eigenvalue weighted by atomic mass is 9.89. The molecule has 0 saturated carbocycles. The van der Waals surface area contributed by atoms with E-state index in [1.165, 1.54) is 36.0 Å². The van der Waals surface area contributed by atoms with Crippen LogP contribution in [0.2, 0.25) is 0 Å². The molecule has 1 amide bonds. The Bertz CT molecular complexity index is 722. The molecule has 2 unspecified atom stereocenters. The highest BCUT2D eigenvalue weighted by Crippen LogP contribution is 2.25. The van der Waals surface area contributed by atoms with Gasteiger partial charge in [0, 0.05) is 18.8 Å². The summed E-state index contributed by atoms with van der Waals surface area (Å²) in [5.74, 6) is -0.0317. The summed E-state index contributed by atoms with van der Waals surface area (Å²) in [7, 11) is 3.64. The van der Waals surface area contributed by atoms with Gasteiger partial charge in [0.2, 0.25) is 5.91 Å². The molecule has 0 aliphatic heterocycles. The summed E-state index contributed by atoms with van der Waals surface area (Å²) in [5, 5.41) is 10.3. The number of carbonyl (C=O) groups excluding carboxylic acids is 1. The Labute approximate surface area is 143 Å². The van der Waals surface area contributed by atoms with E-state index in [1.54, 1.807) is 17.9 Å². The van der Waals surface area contributed by atoms with Crippen LogP contribution in [-0.4, -0.2) is 22.7 Å². The van der Waals surface area contributed by atoms with Crippen molar-refractivity contribution in [2.45, 2.75) is 44.7 Å². The summed E-state index contributed by atoms with van der Waals surface area (Å²) in [6, 6.07) is 6.23. The van der Waals surface area contributed by atoms with Gasteiger partial charge in [-0.25, -0.2) is 0 Å². The van der Waals surface area contributed by atoms with Crippen molar-refractivity contribution in [2.75, 3.05) is 7.05 Å². The van der Waals surface area contributed by atoms with E-state index in [9.17, 15) is 4.79 Å². The lowest BCUT2D eigenvalue weighted by Crippen LogP contribution is -2.37. The largest absolute Gasteiger partial charge is 0.348 e. The van der Waals surface area contributed by atoms with E-state index in [0.717, 1.165) is 12.0 Å². The number of nitrogens with one attached hydrogen (secondary N) is 2. The molecular weight excluding hydrogens is 300 g/mol. The quantitative estimate of drug-likeness (QED) is 0.887. The number of amides is 1. The maximum Gasteiger partial charge on any atom is 0.242 e. The van der Waals surface area contributed by atoms with Gasteiger partial charge in [-0.15, -0.1) is 0 Å². The van der Waals surface area contributed by atoms with Crippen LogP contribution in [0.25, 0.3) is 0 Å². The van der Waals surface area contributed by atoms with E-state index in [1.807, 2.05) is 20.2 Å². The molecule has 1 aromatic carbocycles. The molecule has 2 aromatic rings. The molecule has 1 aliphatic rings. The molecule has 0 bridgehead atoms. The minimum Gasteiger partial charge on any atom is -0.348 e. The third-order valence-electron chi connectivity index (χ3n) is 4.84. The smallest absolute Gasteiger partial charge is 0.242 e. The fourth-order valence-corrected chi connectivity index (χ4v) is 3.44. The van der Waals surface area contributed by atoms with Crippen LogP contribution in [0.3, 0.4) is 0 Å². The summed E-state index contributed by atoms with van der Waals surface area (Å²) in [6.45, 7) is 2.04. The van der Waals surface area contributed by atoms with Crippen LogP contribution in [0.4, 0.5) is 0 Å². The molecule has 3 rings (SSSR count). The molecule has 5 nitrogen and oxygen atoms in total. The molecule has 1 aromatic heterocycles. The zero-order valence-corrected chi connectivity index (χ0v) is 14.7. The molecule has 5 heteroatoms. The number of carbonyl (C=O) groups is 1. The second-order valence-electron chi connectivity index (χ2n) is 6.63. The number of likely N-dealkylation sites (N-methyl/N-ethyl adjacent to an activating group) is 1. The Balaban J connectivity index is 1.71. The van der Waals surface area contributed by atoms with Crippen LogP contribution in [0.15, 0.2) is 30.6 Å². The number of nitrogens with zero attached hydrogens (tertiary/aromatic N) is 2. The molecule has 0 spiro atoms. The van der Waals surface area contributed by atoms with Gasteiger partial charge in [0.25, 0.3) is 0 Å². The summed E-state index contributed by atoms with van der Waals surface area (Å²) in [6.07, 6.45) is 8.47. The third kappa shape index (κ3) is 3.51. The molecule has 2 atom stereocenters. The van der Waals surface area contributed by atoms with Crippen molar-refractivity contribution in [2.24, 2.45) is 7.05 Å². The van der Waals surface area contributed by atoms with Crippen LogP contribution in [0, 0.1) is 0 Å². The molecule has 128 valence electrons. The van der Waals surface area contributed by atoms with E-state index < -0.39 is 6.04 Å². The molecule has 0 fully saturated rings. The summed E-state index contributed by atoms with van der Waals surface area (Å²) < 4.78 is 1.71. The molecule has 1 aliphatic carbocycles. The van der Waals surface area contributed by atoms with Crippen molar-refractivity contribution in [3.8, 4) is 0 Å². The fourth-order valence-electron chi connectivity index (χ4n) is 3.44.